The van der Waals surface area contributed by atoms with Crippen LogP contribution in [0.4, 0.5) is 11.8 Å². The van der Waals surface area contributed by atoms with Gasteiger partial charge in [0.25, 0.3) is 0 Å². The van der Waals surface area contributed by atoms with E-state index in [0.29, 0.717) is 12.4 Å². The summed E-state index contributed by atoms with van der Waals surface area (Å²) in [5.74, 6) is 0.871. The van der Waals surface area contributed by atoms with Crippen molar-refractivity contribution >= 4 is 11.8 Å². The number of hydrogen-bond donors (Lipinski definition) is 3. The average molecular weight is 224 g/mol. The number of aromatic nitrogens is 2. The Hall–Kier alpha value is -1.36. The van der Waals surface area contributed by atoms with Gasteiger partial charge in [0.15, 0.2) is 0 Å². The second-order valence-electron chi connectivity index (χ2n) is 5.10. The van der Waals surface area contributed by atoms with Gasteiger partial charge in [0, 0.05) is 12.7 Å². The Kier molecular flexibility index (Phi) is 4.06. The minimum atomic E-state index is -0.392. The van der Waals surface area contributed by atoms with Gasteiger partial charge in [-0.15, -0.1) is 0 Å². The summed E-state index contributed by atoms with van der Waals surface area (Å²) in [6.07, 6.45) is 1.93. The van der Waals surface area contributed by atoms with Gasteiger partial charge in [-0.1, -0.05) is 20.8 Å². The summed E-state index contributed by atoms with van der Waals surface area (Å²) in [5.41, 5.74) is 5.56. The molecule has 5 heteroatoms. The fraction of sp³-hybridized carbons (Fsp3) is 0.636. The fourth-order valence-corrected chi connectivity index (χ4v) is 1.47. The number of nitrogens with two attached hydrogens (primary N) is 1. The van der Waals surface area contributed by atoms with E-state index in [-0.39, 0.29) is 11.4 Å². The molecule has 1 aromatic heterocycles. The molecule has 0 saturated heterocycles. The topological polar surface area (TPSA) is 84.1 Å². The maximum Gasteiger partial charge on any atom is 0.221 e. The number of aliphatic hydroxyl groups is 1. The summed E-state index contributed by atoms with van der Waals surface area (Å²) < 4.78 is 0. The summed E-state index contributed by atoms with van der Waals surface area (Å²) in [6, 6.07) is 1.72. The van der Waals surface area contributed by atoms with Crippen LogP contribution in [0, 0.1) is 5.41 Å². The van der Waals surface area contributed by atoms with Crippen molar-refractivity contribution in [3.05, 3.63) is 12.3 Å². The lowest BCUT2D eigenvalue weighted by Gasteiger charge is -2.22. The summed E-state index contributed by atoms with van der Waals surface area (Å²) in [6.45, 7) is 6.75. The molecule has 0 amide bonds. The third-order valence-corrected chi connectivity index (χ3v) is 2.04. The molecule has 16 heavy (non-hydrogen) atoms. The molecule has 0 bridgehead atoms. The van der Waals surface area contributed by atoms with Gasteiger partial charge in [-0.3, -0.25) is 0 Å². The summed E-state index contributed by atoms with van der Waals surface area (Å²) in [4.78, 5) is 7.78. The van der Waals surface area contributed by atoms with E-state index in [2.05, 4.69) is 36.1 Å². The first-order chi connectivity index (χ1) is 7.37. The van der Waals surface area contributed by atoms with Crippen LogP contribution in [-0.2, 0) is 0 Å². The second-order valence-corrected chi connectivity index (χ2v) is 5.10. The van der Waals surface area contributed by atoms with Crippen LogP contribution >= 0.6 is 0 Å². The average Bonchev–Trinajstić information content (AvgIpc) is 2.12. The van der Waals surface area contributed by atoms with E-state index >= 15 is 0 Å². The summed E-state index contributed by atoms with van der Waals surface area (Å²) in [7, 11) is 0. The Balaban J connectivity index is 2.40. The molecule has 0 aliphatic heterocycles. The molecule has 1 aromatic rings. The minimum absolute atomic E-state index is 0.117. The lowest BCUT2D eigenvalue weighted by atomic mass is 9.89. The molecule has 1 heterocycles. The van der Waals surface area contributed by atoms with Crippen LogP contribution in [0.15, 0.2) is 12.3 Å². The lowest BCUT2D eigenvalue weighted by molar-refractivity contribution is 0.132. The Morgan fingerprint density at radius 2 is 2.19 bits per heavy atom. The van der Waals surface area contributed by atoms with Crippen LogP contribution in [0.5, 0.6) is 0 Å². The molecule has 0 aliphatic carbocycles. The van der Waals surface area contributed by atoms with E-state index < -0.39 is 6.10 Å². The normalized spacial score (nSPS) is 13.5. The summed E-state index contributed by atoms with van der Waals surface area (Å²) >= 11 is 0. The standard InChI is InChI=1S/C11H20N4O/c1-11(2,3)6-8(16)7-14-9-4-5-13-10(12)15-9/h4-5,8,16H,6-7H2,1-3H3,(H3,12,13,14,15). The largest absolute Gasteiger partial charge is 0.391 e. The van der Waals surface area contributed by atoms with E-state index in [9.17, 15) is 5.11 Å². The number of nitrogens with one attached hydrogen (secondary N) is 1. The van der Waals surface area contributed by atoms with Gasteiger partial charge in [0.05, 0.1) is 6.10 Å². The van der Waals surface area contributed by atoms with Gasteiger partial charge in [0.1, 0.15) is 5.82 Å². The number of nitrogen functional groups attached to an aromatic ring is 1. The molecule has 0 fully saturated rings. The zero-order valence-electron chi connectivity index (χ0n) is 10.1. The van der Waals surface area contributed by atoms with Crippen LogP contribution in [0.1, 0.15) is 27.2 Å². The monoisotopic (exact) mass is 224 g/mol. The molecule has 0 aliphatic rings. The van der Waals surface area contributed by atoms with Crippen molar-refractivity contribution in [2.45, 2.75) is 33.3 Å². The number of rotatable bonds is 4. The van der Waals surface area contributed by atoms with Crippen molar-refractivity contribution in [3.8, 4) is 0 Å². The van der Waals surface area contributed by atoms with E-state index in [0.717, 1.165) is 6.42 Å². The molecule has 1 unspecified atom stereocenters. The first kappa shape index (κ1) is 12.7. The first-order valence-corrected chi connectivity index (χ1v) is 5.37. The van der Waals surface area contributed by atoms with Crippen molar-refractivity contribution in [1.29, 1.82) is 0 Å². The van der Waals surface area contributed by atoms with Crippen LogP contribution in [-0.4, -0.2) is 27.7 Å². The van der Waals surface area contributed by atoms with Gasteiger partial charge in [-0.05, 0) is 17.9 Å². The molecule has 1 rings (SSSR count). The van der Waals surface area contributed by atoms with Crippen molar-refractivity contribution < 1.29 is 5.11 Å². The van der Waals surface area contributed by atoms with Crippen molar-refractivity contribution in [3.63, 3.8) is 0 Å². The van der Waals surface area contributed by atoms with Crippen LogP contribution in [0.25, 0.3) is 0 Å². The number of hydrogen-bond acceptors (Lipinski definition) is 5. The Bertz CT molecular complexity index is 335. The predicted octanol–water partition coefficient (Wildman–Crippen LogP) is 1.27. The predicted molar refractivity (Wildman–Crippen MR) is 65.0 cm³/mol. The SMILES string of the molecule is CC(C)(C)CC(O)CNc1ccnc(N)n1. The van der Waals surface area contributed by atoms with Crippen molar-refractivity contribution in [1.82, 2.24) is 9.97 Å². The zero-order chi connectivity index (χ0) is 12.2. The highest BCUT2D eigenvalue weighted by Crippen LogP contribution is 2.20. The number of nitrogens with zero attached hydrogens (tertiary/aromatic N) is 2. The number of anilines is 2. The fourth-order valence-electron chi connectivity index (χ4n) is 1.47. The van der Waals surface area contributed by atoms with Gasteiger partial charge < -0.3 is 16.2 Å². The highest BCUT2D eigenvalue weighted by Gasteiger charge is 2.16. The molecular weight excluding hydrogens is 204 g/mol. The quantitative estimate of drug-likeness (QED) is 0.717. The zero-order valence-corrected chi connectivity index (χ0v) is 10.1. The molecular formula is C11H20N4O. The lowest BCUT2D eigenvalue weighted by Crippen LogP contribution is -2.25. The van der Waals surface area contributed by atoms with E-state index in [1.807, 2.05) is 0 Å². The third-order valence-electron chi connectivity index (χ3n) is 2.04. The molecule has 90 valence electrons. The van der Waals surface area contributed by atoms with Crippen LogP contribution in [0.3, 0.4) is 0 Å². The summed E-state index contributed by atoms with van der Waals surface area (Å²) in [5, 5.41) is 12.8. The van der Waals surface area contributed by atoms with E-state index in [1.165, 1.54) is 0 Å². The Morgan fingerprint density at radius 3 is 2.75 bits per heavy atom. The highest BCUT2D eigenvalue weighted by atomic mass is 16.3. The van der Waals surface area contributed by atoms with E-state index in [4.69, 9.17) is 5.73 Å². The van der Waals surface area contributed by atoms with Gasteiger partial charge in [-0.25, -0.2) is 4.98 Å². The van der Waals surface area contributed by atoms with Crippen molar-refractivity contribution in [2.24, 2.45) is 5.41 Å². The molecule has 0 spiro atoms. The Morgan fingerprint density at radius 1 is 1.50 bits per heavy atom. The molecule has 0 saturated carbocycles. The molecule has 1 atom stereocenters. The van der Waals surface area contributed by atoms with E-state index in [1.54, 1.807) is 12.3 Å². The van der Waals surface area contributed by atoms with Crippen molar-refractivity contribution in [2.75, 3.05) is 17.6 Å². The number of aliphatic hydroxyl groups excluding tert-OH is 1. The first-order valence-electron chi connectivity index (χ1n) is 5.37. The maximum absolute atomic E-state index is 9.78. The maximum atomic E-state index is 9.78. The van der Waals surface area contributed by atoms with Crippen LogP contribution in [0.2, 0.25) is 0 Å². The minimum Gasteiger partial charge on any atom is -0.391 e. The Labute approximate surface area is 96.1 Å². The highest BCUT2D eigenvalue weighted by molar-refractivity contribution is 5.37. The van der Waals surface area contributed by atoms with Gasteiger partial charge >= 0.3 is 0 Å². The molecule has 5 nitrogen and oxygen atoms in total. The third kappa shape index (κ3) is 4.93. The molecule has 0 aromatic carbocycles. The molecule has 4 N–H and O–H groups in total. The smallest absolute Gasteiger partial charge is 0.221 e. The molecule has 0 radical (unpaired) electrons. The second kappa shape index (κ2) is 5.12. The van der Waals surface area contributed by atoms with Gasteiger partial charge in [-0.2, -0.15) is 4.98 Å². The van der Waals surface area contributed by atoms with Gasteiger partial charge in [0.2, 0.25) is 5.95 Å². The van der Waals surface area contributed by atoms with Crippen LogP contribution < -0.4 is 11.1 Å².